The van der Waals surface area contributed by atoms with Gasteiger partial charge in [0.15, 0.2) is 0 Å². The molecular formula is C31H45N7O. The normalized spacial score (nSPS) is 25.4. The van der Waals surface area contributed by atoms with Gasteiger partial charge in [0.1, 0.15) is 17.4 Å². The van der Waals surface area contributed by atoms with Crippen LogP contribution in [0.2, 0.25) is 0 Å². The van der Waals surface area contributed by atoms with Crippen molar-refractivity contribution in [3.63, 3.8) is 0 Å². The molecule has 4 atom stereocenters. The van der Waals surface area contributed by atoms with Crippen molar-refractivity contribution < 1.29 is 5.11 Å². The lowest BCUT2D eigenvalue weighted by Crippen LogP contribution is -2.62. The third kappa shape index (κ3) is 5.71. The van der Waals surface area contributed by atoms with Crippen LogP contribution in [0.15, 0.2) is 54.3 Å². The average molecular weight is 532 g/mol. The summed E-state index contributed by atoms with van der Waals surface area (Å²) in [7, 11) is 2.02. The minimum absolute atomic E-state index is 0.145. The molecule has 3 heterocycles. The van der Waals surface area contributed by atoms with Gasteiger partial charge in [-0.25, -0.2) is 9.97 Å². The zero-order chi connectivity index (χ0) is 27.4. The van der Waals surface area contributed by atoms with Crippen molar-refractivity contribution in [3.8, 4) is 5.75 Å². The summed E-state index contributed by atoms with van der Waals surface area (Å²) in [6.07, 6.45) is 16.7. The molecule has 4 fully saturated rings. The molecule has 8 nitrogen and oxygen atoms in total. The summed E-state index contributed by atoms with van der Waals surface area (Å²) in [5.41, 5.74) is 22.1. The van der Waals surface area contributed by atoms with E-state index < -0.39 is 0 Å². The number of nitrogens with one attached hydrogen (secondary N) is 1. The summed E-state index contributed by atoms with van der Waals surface area (Å²) < 4.78 is 0. The number of fused-ring (bicyclic) bond motifs is 2. The summed E-state index contributed by atoms with van der Waals surface area (Å²) in [6.45, 7) is 2.94. The first-order valence-corrected chi connectivity index (χ1v) is 14.6. The maximum absolute atomic E-state index is 10.2. The highest BCUT2D eigenvalue weighted by atomic mass is 16.3. The Morgan fingerprint density at radius 3 is 2.54 bits per heavy atom. The van der Waals surface area contributed by atoms with Gasteiger partial charge < -0.3 is 32.5 Å². The Balaban J connectivity index is 1.19. The van der Waals surface area contributed by atoms with Crippen LogP contribution in [0.4, 0.5) is 0 Å². The molecule has 4 unspecified atom stereocenters. The molecule has 2 aliphatic carbocycles. The molecule has 2 saturated heterocycles. The molecule has 4 bridgehead atoms. The monoisotopic (exact) mass is 531 g/mol. The molecule has 6 rings (SSSR count). The van der Waals surface area contributed by atoms with Crippen LogP contribution in [-0.4, -0.2) is 46.7 Å². The number of unbranched alkanes of at least 4 members (excludes halogenated alkanes) is 4. The molecule has 4 aliphatic rings. The topological polar surface area (TPSA) is 139 Å². The van der Waals surface area contributed by atoms with Gasteiger partial charge in [0.2, 0.25) is 0 Å². The van der Waals surface area contributed by atoms with E-state index in [1.54, 1.807) is 18.2 Å². The van der Waals surface area contributed by atoms with Gasteiger partial charge in [-0.1, -0.05) is 31.4 Å². The maximum atomic E-state index is 10.2. The van der Waals surface area contributed by atoms with Crippen LogP contribution < -0.4 is 22.5 Å². The van der Waals surface area contributed by atoms with E-state index >= 15 is 0 Å². The molecule has 1 aromatic heterocycles. The fraction of sp³-hybridized carbons (Fsp3) is 0.548. The van der Waals surface area contributed by atoms with Crippen molar-refractivity contribution in [1.82, 2.24) is 20.2 Å². The number of para-hydroxylation sites is 1. The average Bonchev–Trinajstić information content (AvgIpc) is 3.25. The molecule has 1 aromatic carbocycles. The summed E-state index contributed by atoms with van der Waals surface area (Å²) in [6, 6.07) is 7.06. The minimum atomic E-state index is 0.145. The number of aromatic nitrogens is 2. The first-order valence-electron chi connectivity index (χ1n) is 14.6. The third-order valence-electron chi connectivity index (χ3n) is 9.48. The van der Waals surface area contributed by atoms with Gasteiger partial charge in [0.25, 0.3) is 0 Å². The molecule has 8 N–H and O–H groups in total. The van der Waals surface area contributed by atoms with Gasteiger partial charge in [-0.2, -0.15) is 0 Å². The van der Waals surface area contributed by atoms with Gasteiger partial charge >= 0.3 is 0 Å². The Kier molecular flexibility index (Phi) is 8.31. The third-order valence-corrected chi connectivity index (χ3v) is 9.48. The summed E-state index contributed by atoms with van der Waals surface area (Å²) in [4.78, 5) is 11.9. The predicted octanol–water partition coefficient (Wildman–Crippen LogP) is 3.48. The van der Waals surface area contributed by atoms with Gasteiger partial charge in [0.05, 0.1) is 5.70 Å². The summed E-state index contributed by atoms with van der Waals surface area (Å²) in [5, 5.41) is 13.5. The maximum Gasteiger partial charge on any atom is 0.128 e. The number of benzene rings is 1. The highest BCUT2D eigenvalue weighted by molar-refractivity contribution is 5.70. The smallest absolute Gasteiger partial charge is 0.128 e. The Morgan fingerprint density at radius 1 is 1.08 bits per heavy atom. The second kappa shape index (κ2) is 11.9. The van der Waals surface area contributed by atoms with E-state index in [1.807, 2.05) is 31.6 Å². The number of phenols is 1. The number of nitrogens with zero attached hydrogens (tertiary/aromatic N) is 3. The van der Waals surface area contributed by atoms with E-state index in [1.165, 1.54) is 50.5 Å². The van der Waals surface area contributed by atoms with E-state index in [4.69, 9.17) is 27.2 Å². The number of phenolic OH excluding ortho intramolecular Hbond substituents is 1. The molecule has 210 valence electrons. The number of hydrogen-bond donors (Lipinski definition) is 5. The van der Waals surface area contributed by atoms with Crippen molar-refractivity contribution in [2.45, 2.75) is 57.8 Å². The largest absolute Gasteiger partial charge is 0.507 e. The second-order valence-corrected chi connectivity index (χ2v) is 11.9. The zero-order valence-electron chi connectivity index (χ0n) is 23.3. The van der Waals surface area contributed by atoms with Gasteiger partial charge in [0, 0.05) is 43.2 Å². The predicted molar refractivity (Wildman–Crippen MR) is 156 cm³/mol. The van der Waals surface area contributed by atoms with Gasteiger partial charge in [-0.3, -0.25) is 0 Å². The van der Waals surface area contributed by atoms with Crippen LogP contribution >= 0.6 is 0 Å². The van der Waals surface area contributed by atoms with E-state index in [-0.39, 0.29) is 17.0 Å². The van der Waals surface area contributed by atoms with Crippen LogP contribution in [0.25, 0.3) is 5.70 Å². The minimum Gasteiger partial charge on any atom is -0.507 e. The van der Waals surface area contributed by atoms with Crippen molar-refractivity contribution in [2.75, 3.05) is 26.7 Å². The first kappa shape index (κ1) is 27.3. The fourth-order valence-electron chi connectivity index (χ4n) is 7.34. The van der Waals surface area contributed by atoms with E-state index in [0.29, 0.717) is 29.0 Å². The van der Waals surface area contributed by atoms with Crippen molar-refractivity contribution in [1.29, 1.82) is 0 Å². The summed E-state index contributed by atoms with van der Waals surface area (Å²) >= 11 is 0. The highest BCUT2D eigenvalue weighted by Crippen LogP contribution is 2.70. The number of nitrogens with two attached hydrogens (primary N) is 3. The highest BCUT2D eigenvalue weighted by Gasteiger charge is 2.67. The number of rotatable bonds is 13. The molecule has 0 spiro atoms. The fourth-order valence-corrected chi connectivity index (χ4v) is 7.34. The van der Waals surface area contributed by atoms with Crippen molar-refractivity contribution in [2.24, 2.45) is 40.4 Å². The zero-order valence-corrected chi connectivity index (χ0v) is 23.3. The van der Waals surface area contributed by atoms with Crippen molar-refractivity contribution >= 4 is 5.70 Å². The molecule has 8 heteroatoms. The van der Waals surface area contributed by atoms with Crippen molar-refractivity contribution in [3.05, 3.63) is 71.2 Å². The SMILES string of the molecule is CNCCCCCCCc1cnc(CC23CC4CN(C(/C=C(\N)c5ccccc5O)=C(N)N)CC2CC43)nc1. The Labute approximate surface area is 232 Å². The number of hydrogen-bond acceptors (Lipinski definition) is 8. The Hall–Kier alpha value is -3.26. The van der Waals surface area contributed by atoms with Crippen LogP contribution in [0.1, 0.15) is 61.9 Å². The summed E-state index contributed by atoms with van der Waals surface area (Å²) in [5.74, 6) is 3.26. The molecular weight excluding hydrogens is 486 g/mol. The van der Waals surface area contributed by atoms with Crippen LogP contribution in [0.3, 0.4) is 0 Å². The standard InChI is InChI=1S/C31H45N7O/c1-35-12-8-4-2-3-5-9-21-17-36-29(37-18-21)16-31-15-22-19-38(20-23(31)13-25(22)31)27(30(33)34)14-26(32)24-10-6-7-11-28(24)39/h6-7,10-11,14,17-18,22-23,25,35,39H,2-5,8-9,12-13,15-16,19-20,32-34H2,1H3/b26-14-. The lowest BCUT2D eigenvalue weighted by atomic mass is 9.38. The molecule has 2 aromatic rings. The van der Waals surface area contributed by atoms with Crippen LogP contribution in [0.5, 0.6) is 5.75 Å². The quantitative estimate of drug-likeness (QED) is 0.196. The van der Waals surface area contributed by atoms with E-state index in [2.05, 4.69) is 10.2 Å². The second-order valence-electron chi connectivity index (χ2n) is 11.9. The molecule has 39 heavy (non-hydrogen) atoms. The van der Waals surface area contributed by atoms with Crippen LogP contribution in [-0.2, 0) is 12.8 Å². The molecule has 2 saturated carbocycles. The molecule has 0 amide bonds. The van der Waals surface area contributed by atoms with Gasteiger partial charge in [-0.15, -0.1) is 0 Å². The number of aromatic hydroxyl groups is 1. The van der Waals surface area contributed by atoms with Crippen LogP contribution in [0, 0.1) is 23.2 Å². The Bertz CT molecular complexity index is 1190. The van der Waals surface area contributed by atoms with E-state index in [0.717, 1.165) is 44.0 Å². The van der Waals surface area contributed by atoms with E-state index in [9.17, 15) is 5.11 Å². The number of aryl methyl sites for hydroxylation is 1. The molecule has 0 radical (unpaired) electrons. The lowest BCUT2D eigenvalue weighted by molar-refractivity contribution is -0.170. The van der Waals surface area contributed by atoms with Gasteiger partial charge in [-0.05, 0) is 92.6 Å². The first-order chi connectivity index (χ1) is 18.9. The number of allylic oxidation sites excluding steroid dienone is 1. The lowest BCUT2D eigenvalue weighted by Gasteiger charge is -2.66. The molecule has 2 aliphatic heterocycles. The Morgan fingerprint density at radius 2 is 1.82 bits per heavy atom.